The Morgan fingerprint density at radius 1 is 1.26 bits per heavy atom. The van der Waals surface area contributed by atoms with Gasteiger partial charge in [0, 0.05) is 11.1 Å². The lowest BCUT2D eigenvalue weighted by molar-refractivity contribution is 0.232. The van der Waals surface area contributed by atoms with Crippen molar-refractivity contribution < 1.29 is 4.39 Å². The molecule has 19 heavy (non-hydrogen) atoms. The molecule has 0 aliphatic heterocycles. The summed E-state index contributed by atoms with van der Waals surface area (Å²) in [7, 11) is 0. The summed E-state index contributed by atoms with van der Waals surface area (Å²) in [6, 6.07) is 7.04. The van der Waals surface area contributed by atoms with Crippen LogP contribution in [0, 0.1) is 23.6 Å². The average molecular weight is 261 g/mol. The van der Waals surface area contributed by atoms with Gasteiger partial charge in [-0.05, 0) is 55.9 Å². The third-order valence-electron chi connectivity index (χ3n) is 5.55. The van der Waals surface area contributed by atoms with E-state index in [1.807, 2.05) is 12.1 Å². The third-order valence-corrected chi connectivity index (χ3v) is 5.55. The first-order chi connectivity index (χ1) is 9.12. The van der Waals surface area contributed by atoms with Crippen molar-refractivity contribution in [3.63, 3.8) is 0 Å². The van der Waals surface area contributed by atoms with E-state index in [0.29, 0.717) is 11.5 Å². The maximum absolute atomic E-state index is 14.1. The van der Waals surface area contributed by atoms with Crippen LogP contribution in [0.25, 0.3) is 0 Å². The molecule has 4 atom stereocenters. The summed E-state index contributed by atoms with van der Waals surface area (Å²) in [4.78, 5) is 0. The molecule has 1 nitrogen and oxygen atoms in total. The normalized spacial score (nSPS) is 32.5. The van der Waals surface area contributed by atoms with E-state index < -0.39 is 5.54 Å². The highest BCUT2D eigenvalue weighted by Gasteiger charge is 2.43. The van der Waals surface area contributed by atoms with Gasteiger partial charge in [-0.15, -0.1) is 0 Å². The fourth-order valence-corrected chi connectivity index (χ4v) is 4.40. The number of rotatable bonds is 4. The van der Waals surface area contributed by atoms with Crippen LogP contribution in [0.5, 0.6) is 0 Å². The predicted molar refractivity (Wildman–Crippen MR) is 76.1 cm³/mol. The summed E-state index contributed by atoms with van der Waals surface area (Å²) in [5, 5.41) is 0. The molecule has 2 aliphatic rings. The largest absolute Gasteiger partial charge is 0.321 e. The van der Waals surface area contributed by atoms with E-state index in [0.717, 1.165) is 24.7 Å². The highest BCUT2D eigenvalue weighted by atomic mass is 19.1. The van der Waals surface area contributed by atoms with Gasteiger partial charge in [0.2, 0.25) is 0 Å². The van der Waals surface area contributed by atoms with Crippen LogP contribution in [0.3, 0.4) is 0 Å². The molecule has 104 valence electrons. The lowest BCUT2D eigenvalue weighted by atomic mass is 9.75. The molecule has 0 heterocycles. The maximum Gasteiger partial charge on any atom is 0.128 e. The molecule has 2 aliphatic carbocycles. The van der Waals surface area contributed by atoms with Crippen LogP contribution in [0.15, 0.2) is 24.3 Å². The van der Waals surface area contributed by atoms with Crippen LogP contribution in [0.4, 0.5) is 4.39 Å². The van der Waals surface area contributed by atoms with E-state index in [1.54, 1.807) is 6.07 Å². The molecule has 3 rings (SSSR count). The Balaban J connectivity index is 1.81. The Morgan fingerprint density at radius 2 is 2.05 bits per heavy atom. The fourth-order valence-electron chi connectivity index (χ4n) is 4.40. The van der Waals surface area contributed by atoms with E-state index in [4.69, 9.17) is 5.73 Å². The van der Waals surface area contributed by atoms with Gasteiger partial charge >= 0.3 is 0 Å². The number of fused-ring (bicyclic) bond motifs is 2. The van der Waals surface area contributed by atoms with Crippen molar-refractivity contribution in [1.29, 1.82) is 0 Å². The Kier molecular flexibility index (Phi) is 3.38. The second-order valence-electron chi connectivity index (χ2n) is 6.63. The molecule has 2 heteroatoms. The van der Waals surface area contributed by atoms with Crippen molar-refractivity contribution in [2.24, 2.45) is 23.5 Å². The van der Waals surface area contributed by atoms with Gasteiger partial charge in [-0.25, -0.2) is 4.39 Å². The summed E-state index contributed by atoms with van der Waals surface area (Å²) in [5.74, 6) is 2.35. The lowest BCUT2D eigenvalue weighted by Gasteiger charge is -2.35. The molecular weight excluding hydrogens is 237 g/mol. The highest BCUT2D eigenvalue weighted by molar-refractivity contribution is 5.26. The molecule has 0 radical (unpaired) electrons. The maximum atomic E-state index is 14.1. The van der Waals surface area contributed by atoms with E-state index in [1.165, 1.54) is 31.7 Å². The van der Waals surface area contributed by atoms with Crippen molar-refractivity contribution in [3.8, 4) is 0 Å². The zero-order valence-electron chi connectivity index (χ0n) is 11.7. The number of hydrogen-bond acceptors (Lipinski definition) is 1. The summed E-state index contributed by atoms with van der Waals surface area (Å²) >= 11 is 0. The second-order valence-corrected chi connectivity index (χ2v) is 6.63. The quantitative estimate of drug-likeness (QED) is 0.863. The van der Waals surface area contributed by atoms with Crippen molar-refractivity contribution >= 4 is 0 Å². The molecule has 0 spiro atoms. The standard InChI is InChI=1S/C17H24FN/c1-2-17(19,15-5-3-4-6-16(15)18)11-14-10-12-7-8-13(14)9-12/h3-6,12-14H,2,7-11,19H2,1H3. The van der Waals surface area contributed by atoms with Crippen LogP contribution >= 0.6 is 0 Å². The van der Waals surface area contributed by atoms with E-state index in [-0.39, 0.29) is 5.82 Å². The minimum atomic E-state index is -0.486. The highest BCUT2D eigenvalue weighted by Crippen LogP contribution is 2.51. The van der Waals surface area contributed by atoms with Crippen LogP contribution in [-0.4, -0.2) is 0 Å². The van der Waals surface area contributed by atoms with Crippen LogP contribution in [0.1, 0.15) is 51.0 Å². The summed E-state index contributed by atoms with van der Waals surface area (Å²) in [6.45, 7) is 2.08. The number of hydrogen-bond donors (Lipinski definition) is 1. The van der Waals surface area contributed by atoms with Crippen molar-refractivity contribution in [2.75, 3.05) is 0 Å². The molecule has 0 aromatic heterocycles. The molecule has 2 bridgehead atoms. The van der Waals surface area contributed by atoms with E-state index >= 15 is 0 Å². The van der Waals surface area contributed by atoms with Gasteiger partial charge in [0.05, 0.1) is 0 Å². The van der Waals surface area contributed by atoms with Gasteiger partial charge in [-0.1, -0.05) is 31.5 Å². The van der Waals surface area contributed by atoms with Crippen LogP contribution < -0.4 is 5.73 Å². The summed E-state index contributed by atoms with van der Waals surface area (Å²) < 4.78 is 14.1. The number of nitrogens with two attached hydrogens (primary N) is 1. The van der Waals surface area contributed by atoms with Gasteiger partial charge in [-0.2, -0.15) is 0 Å². The smallest absolute Gasteiger partial charge is 0.128 e. The molecule has 2 saturated carbocycles. The van der Waals surface area contributed by atoms with Gasteiger partial charge in [0.25, 0.3) is 0 Å². The Hall–Kier alpha value is -0.890. The minimum absolute atomic E-state index is 0.144. The molecule has 2 fully saturated rings. The Bertz CT molecular complexity index is 458. The summed E-state index contributed by atoms with van der Waals surface area (Å²) in [6.07, 6.45) is 7.24. The average Bonchev–Trinajstić information content (AvgIpc) is 3.01. The van der Waals surface area contributed by atoms with Gasteiger partial charge in [-0.3, -0.25) is 0 Å². The van der Waals surface area contributed by atoms with Gasteiger partial charge < -0.3 is 5.73 Å². The zero-order chi connectivity index (χ0) is 13.5. The lowest BCUT2D eigenvalue weighted by Crippen LogP contribution is -2.40. The van der Waals surface area contributed by atoms with Crippen LogP contribution in [-0.2, 0) is 5.54 Å². The SMILES string of the molecule is CCC(N)(CC1CC2CCC1C2)c1ccccc1F. The molecular formula is C17H24FN. The first kappa shape index (κ1) is 13.1. The van der Waals surface area contributed by atoms with Gasteiger partial charge in [0.1, 0.15) is 5.82 Å². The first-order valence-electron chi connectivity index (χ1n) is 7.66. The van der Waals surface area contributed by atoms with Crippen molar-refractivity contribution in [2.45, 2.75) is 51.0 Å². The monoisotopic (exact) mass is 261 g/mol. The molecule has 2 N–H and O–H groups in total. The minimum Gasteiger partial charge on any atom is -0.321 e. The van der Waals surface area contributed by atoms with Crippen molar-refractivity contribution in [3.05, 3.63) is 35.6 Å². The third kappa shape index (κ3) is 2.31. The Morgan fingerprint density at radius 3 is 2.63 bits per heavy atom. The first-order valence-corrected chi connectivity index (χ1v) is 7.66. The zero-order valence-corrected chi connectivity index (χ0v) is 11.7. The van der Waals surface area contributed by atoms with E-state index in [2.05, 4.69) is 6.92 Å². The Labute approximate surface area is 115 Å². The van der Waals surface area contributed by atoms with E-state index in [9.17, 15) is 4.39 Å². The molecule has 0 amide bonds. The topological polar surface area (TPSA) is 26.0 Å². The molecule has 1 aromatic rings. The molecule has 4 unspecified atom stereocenters. The van der Waals surface area contributed by atoms with Crippen molar-refractivity contribution in [1.82, 2.24) is 0 Å². The molecule has 0 saturated heterocycles. The molecule has 1 aromatic carbocycles. The summed E-state index contributed by atoms with van der Waals surface area (Å²) in [5.41, 5.74) is 6.81. The fraction of sp³-hybridized carbons (Fsp3) is 0.647. The second kappa shape index (κ2) is 4.90. The van der Waals surface area contributed by atoms with Crippen LogP contribution in [0.2, 0.25) is 0 Å². The van der Waals surface area contributed by atoms with Gasteiger partial charge in [0.15, 0.2) is 0 Å². The predicted octanol–water partition coefficient (Wildman–Crippen LogP) is 4.22. The number of halogens is 1. The number of benzene rings is 1.